The highest BCUT2D eigenvalue weighted by molar-refractivity contribution is 5.96. The van der Waals surface area contributed by atoms with Crippen molar-refractivity contribution in [3.05, 3.63) is 23.5 Å². The van der Waals surface area contributed by atoms with Gasteiger partial charge in [-0.15, -0.1) is 0 Å². The second-order valence-electron chi connectivity index (χ2n) is 4.46. The molecular formula is C13H21N3O. The number of carbonyl (C=O) groups excluding carboxylic acids is 1. The summed E-state index contributed by atoms with van der Waals surface area (Å²) in [5, 5.41) is 0. The number of nitrogens with two attached hydrogens (primary N) is 1. The molecular weight excluding hydrogens is 214 g/mol. The van der Waals surface area contributed by atoms with E-state index in [-0.39, 0.29) is 11.9 Å². The first-order valence-electron chi connectivity index (χ1n) is 5.96. The SMILES string of the molecule is CCCC(C)N(C)C(=O)c1cc(N)cnc1C. The second-order valence-corrected chi connectivity index (χ2v) is 4.46. The lowest BCUT2D eigenvalue weighted by Crippen LogP contribution is -2.35. The van der Waals surface area contributed by atoms with Crippen molar-refractivity contribution in [1.82, 2.24) is 9.88 Å². The van der Waals surface area contributed by atoms with Crippen LogP contribution in [-0.2, 0) is 0 Å². The Morgan fingerprint density at radius 3 is 2.82 bits per heavy atom. The van der Waals surface area contributed by atoms with Gasteiger partial charge in [0.05, 0.1) is 23.1 Å². The third kappa shape index (κ3) is 3.19. The van der Waals surface area contributed by atoms with Gasteiger partial charge in [0, 0.05) is 13.1 Å². The van der Waals surface area contributed by atoms with Crippen LogP contribution in [0.15, 0.2) is 12.3 Å². The molecule has 4 heteroatoms. The molecule has 1 amide bonds. The van der Waals surface area contributed by atoms with E-state index in [1.54, 1.807) is 17.2 Å². The van der Waals surface area contributed by atoms with Gasteiger partial charge in [0.15, 0.2) is 0 Å². The maximum atomic E-state index is 12.3. The van der Waals surface area contributed by atoms with Crippen LogP contribution in [0.5, 0.6) is 0 Å². The Kier molecular flexibility index (Phi) is 4.49. The van der Waals surface area contributed by atoms with Crippen LogP contribution in [0, 0.1) is 6.92 Å². The fourth-order valence-electron chi connectivity index (χ4n) is 1.77. The molecule has 0 aliphatic carbocycles. The van der Waals surface area contributed by atoms with Crippen molar-refractivity contribution in [3.63, 3.8) is 0 Å². The smallest absolute Gasteiger partial charge is 0.255 e. The molecule has 1 rings (SSSR count). The van der Waals surface area contributed by atoms with Crippen molar-refractivity contribution < 1.29 is 4.79 Å². The number of nitrogen functional groups attached to an aromatic ring is 1. The number of rotatable bonds is 4. The summed E-state index contributed by atoms with van der Waals surface area (Å²) in [7, 11) is 1.82. The maximum Gasteiger partial charge on any atom is 0.255 e. The highest BCUT2D eigenvalue weighted by atomic mass is 16.2. The van der Waals surface area contributed by atoms with Crippen LogP contribution in [0.25, 0.3) is 0 Å². The van der Waals surface area contributed by atoms with Crippen molar-refractivity contribution in [2.24, 2.45) is 0 Å². The molecule has 4 nitrogen and oxygen atoms in total. The monoisotopic (exact) mass is 235 g/mol. The van der Waals surface area contributed by atoms with Gasteiger partial charge in [-0.25, -0.2) is 0 Å². The Hall–Kier alpha value is -1.58. The number of pyridine rings is 1. The third-order valence-corrected chi connectivity index (χ3v) is 3.03. The van der Waals surface area contributed by atoms with E-state index in [1.807, 2.05) is 14.0 Å². The normalized spacial score (nSPS) is 12.2. The van der Waals surface area contributed by atoms with E-state index in [1.165, 1.54) is 0 Å². The first-order valence-corrected chi connectivity index (χ1v) is 5.96. The summed E-state index contributed by atoms with van der Waals surface area (Å²) in [5.41, 5.74) is 7.51. The van der Waals surface area contributed by atoms with E-state index in [9.17, 15) is 4.79 Å². The molecule has 0 fully saturated rings. The predicted octanol–water partition coefficient (Wildman–Crippen LogP) is 2.23. The molecule has 0 radical (unpaired) electrons. The maximum absolute atomic E-state index is 12.3. The molecule has 0 spiro atoms. The van der Waals surface area contributed by atoms with Gasteiger partial charge in [-0.3, -0.25) is 9.78 Å². The van der Waals surface area contributed by atoms with Crippen molar-refractivity contribution in [1.29, 1.82) is 0 Å². The van der Waals surface area contributed by atoms with Crippen molar-refractivity contribution >= 4 is 11.6 Å². The summed E-state index contributed by atoms with van der Waals surface area (Å²) in [6.45, 7) is 5.99. The van der Waals surface area contributed by atoms with Gasteiger partial charge in [0.25, 0.3) is 5.91 Å². The van der Waals surface area contributed by atoms with Crippen LogP contribution in [-0.4, -0.2) is 28.9 Å². The molecule has 1 atom stereocenters. The lowest BCUT2D eigenvalue weighted by Gasteiger charge is -2.25. The predicted molar refractivity (Wildman–Crippen MR) is 69.8 cm³/mol. The number of aromatic nitrogens is 1. The van der Waals surface area contributed by atoms with Crippen LogP contribution in [0.1, 0.15) is 42.7 Å². The summed E-state index contributed by atoms with van der Waals surface area (Å²) in [5.74, 6) is -0.0109. The molecule has 0 aliphatic heterocycles. The van der Waals surface area contributed by atoms with E-state index in [0.717, 1.165) is 18.5 Å². The fraction of sp³-hybridized carbons (Fsp3) is 0.538. The van der Waals surface area contributed by atoms with Crippen LogP contribution in [0.4, 0.5) is 5.69 Å². The van der Waals surface area contributed by atoms with Gasteiger partial charge in [0.1, 0.15) is 0 Å². The van der Waals surface area contributed by atoms with Crippen molar-refractivity contribution in [2.75, 3.05) is 12.8 Å². The van der Waals surface area contributed by atoms with E-state index in [2.05, 4.69) is 18.8 Å². The highest BCUT2D eigenvalue weighted by Crippen LogP contribution is 2.14. The standard InChI is InChI=1S/C13H21N3O/c1-5-6-9(2)16(4)13(17)12-7-11(14)8-15-10(12)3/h7-9H,5-6,14H2,1-4H3. The summed E-state index contributed by atoms with van der Waals surface area (Å²) in [6.07, 6.45) is 3.63. The minimum absolute atomic E-state index is 0.0109. The van der Waals surface area contributed by atoms with Crippen LogP contribution >= 0.6 is 0 Å². The topological polar surface area (TPSA) is 59.2 Å². The van der Waals surface area contributed by atoms with Crippen LogP contribution < -0.4 is 5.73 Å². The van der Waals surface area contributed by atoms with Crippen LogP contribution in [0.2, 0.25) is 0 Å². The average molecular weight is 235 g/mol. The van der Waals surface area contributed by atoms with Crippen LogP contribution in [0.3, 0.4) is 0 Å². The van der Waals surface area contributed by atoms with E-state index < -0.39 is 0 Å². The Bertz CT molecular complexity index is 404. The first kappa shape index (κ1) is 13.5. The summed E-state index contributed by atoms with van der Waals surface area (Å²) in [4.78, 5) is 18.1. The zero-order valence-corrected chi connectivity index (χ0v) is 11.0. The number of nitrogens with zero attached hydrogens (tertiary/aromatic N) is 2. The third-order valence-electron chi connectivity index (χ3n) is 3.03. The average Bonchev–Trinajstić information content (AvgIpc) is 2.30. The second kappa shape index (κ2) is 5.66. The van der Waals surface area contributed by atoms with Crippen molar-refractivity contribution in [2.45, 2.75) is 39.7 Å². The zero-order valence-electron chi connectivity index (χ0n) is 11.0. The quantitative estimate of drug-likeness (QED) is 0.870. The highest BCUT2D eigenvalue weighted by Gasteiger charge is 2.19. The van der Waals surface area contributed by atoms with Gasteiger partial charge in [-0.05, 0) is 26.3 Å². The minimum atomic E-state index is -0.0109. The number of hydrogen-bond acceptors (Lipinski definition) is 3. The molecule has 2 N–H and O–H groups in total. The lowest BCUT2D eigenvalue weighted by molar-refractivity contribution is 0.0735. The lowest BCUT2D eigenvalue weighted by atomic mass is 10.1. The molecule has 94 valence electrons. The Morgan fingerprint density at radius 1 is 1.59 bits per heavy atom. The van der Waals surface area contributed by atoms with Gasteiger partial charge in [-0.1, -0.05) is 13.3 Å². The van der Waals surface area contributed by atoms with E-state index in [0.29, 0.717) is 11.3 Å². The Morgan fingerprint density at radius 2 is 2.24 bits per heavy atom. The van der Waals surface area contributed by atoms with Gasteiger partial charge >= 0.3 is 0 Å². The molecule has 0 aliphatic rings. The molecule has 17 heavy (non-hydrogen) atoms. The fourth-order valence-corrected chi connectivity index (χ4v) is 1.77. The van der Waals surface area contributed by atoms with Gasteiger partial charge in [-0.2, -0.15) is 0 Å². The molecule has 1 aromatic heterocycles. The first-order chi connectivity index (χ1) is 7.97. The van der Waals surface area contributed by atoms with Gasteiger partial charge in [0.2, 0.25) is 0 Å². The number of aryl methyl sites for hydroxylation is 1. The van der Waals surface area contributed by atoms with Crippen molar-refractivity contribution in [3.8, 4) is 0 Å². The minimum Gasteiger partial charge on any atom is -0.397 e. The van der Waals surface area contributed by atoms with E-state index >= 15 is 0 Å². The summed E-state index contributed by atoms with van der Waals surface area (Å²) < 4.78 is 0. The number of carbonyl (C=O) groups is 1. The largest absolute Gasteiger partial charge is 0.397 e. The molecule has 1 unspecified atom stereocenters. The number of anilines is 1. The summed E-state index contributed by atoms with van der Waals surface area (Å²) in [6, 6.07) is 1.92. The molecule has 1 aromatic rings. The number of amides is 1. The Labute approximate surface area is 103 Å². The molecule has 0 saturated carbocycles. The van der Waals surface area contributed by atoms with Gasteiger partial charge < -0.3 is 10.6 Å². The van der Waals surface area contributed by atoms with E-state index in [4.69, 9.17) is 5.73 Å². The molecule has 0 bridgehead atoms. The molecule has 0 saturated heterocycles. The zero-order chi connectivity index (χ0) is 13.0. The molecule has 1 heterocycles. The molecule has 0 aromatic carbocycles. The summed E-state index contributed by atoms with van der Waals surface area (Å²) >= 11 is 0. The number of hydrogen-bond donors (Lipinski definition) is 1. The Balaban J connectivity index is 2.92.